The van der Waals surface area contributed by atoms with Crippen LogP contribution in [0.4, 0.5) is 13.2 Å². The van der Waals surface area contributed by atoms with Gasteiger partial charge in [0.1, 0.15) is 0 Å². The molecule has 150 valence electrons. The Morgan fingerprint density at radius 1 is 1.11 bits per heavy atom. The Balaban J connectivity index is 1.86. The molecular formula is C20H26F3NO2S. The molecule has 1 aromatic rings. The molecule has 1 fully saturated rings. The van der Waals surface area contributed by atoms with Crippen LogP contribution in [-0.4, -0.2) is 35.9 Å². The quantitative estimate of drug-likeness (QED) is 0.474. The van der Waals surface area contributed by atoms with Crippen LogP contribution in [0.2, 0.25) is 0 Å². The zero-order valence-corrected chi connectivity index (χ0v) is 16.1. The van der Waals surface area contributed by atoms with E-state index < -0.39 is 12.1 Å². The van der Waals surface area contributed by atoms with Crippen molar-refractivity contribution in [3.05, 3.63) is 35.9 Å². The summed E-state index contributed by atoms with van der Waals surface area (Å²) in [5.74, 6) is -0.493. The molecule has 1 atom stereocenters. The number of carbonyl (C=O) groups excluding carboxylic acids is 2. The Morgan fingerprint density at radius 3 is 2.41 bits per heavy atom. The number of carbonyl (C=O) groups is 2. The van der Waals surface area contributed by atoms with Gasteiger partial charge in [0, 0.05) is 29.5 Å². The zero-order valence-electron chi connectivity index (χ0n) is 15.3. The summed E-state index contributed by atoms with van der Waals surface area (Å²) in [4.78, 5) is 23.7. The smallest absolute Gasteiger partial charge is 0.347 e. The average Bonchev–Trinajstić information content (AvgIpc) is 2.67. The molecular weight excluding hydrogens is 375 g/mol. The molecule has 1 aromatic carbocycles. The minimum atomic E-state index is -4.85. The van der Waals surface area contributed by atoms with Crippen LogP contribution in [0.1, 0.15) is 48.9 Å². The first-order valence-corrected chi connectivity index (χ1v) is 10.6. The third-order valence-electron chi connectivity index (χ3n) is 4.88. The van der Waals surface area contributed by atoms with Gasteiger partial charge < -0.3 is 5.32 Å². The Kier molecular flexibility index (Phi) is 8.67. The molecule has 0 heterocycles. The zero-order chi connectivity index (χ0) is 19.7. The van der Waals surface area contributed by atoms with Crippen molar-refractivity contribution >= 4 is 23.5 Å². The molecule has 0 aliphatic heterocycles. The van der Waals surface area contributed by atoms with Gasteiger partial charge in [0.05, 0.1) is 0 Å². The topological polar surface area (TPSA) is 46.2 Å². The van der Waals surface area contributed by atoms with Crippen LogP contribution in [0, 0.1) is 11.8 Å². The van der Waals surface area contributed by atoms with E-state index in [-0.39, 0.29) is 18.2 Å². The Hall–Kier alpha value is -1.50. The van der Waals surface area contributed by atoms with E-state index in [9.17, 15) is 22.8 Å². The fraction of sp³-hybridized carbons (Fsp3) is 0.600. The number of thioether (sulfide) groups is 1. The SMILES string of the molecule is O=C(c1ccccc1)[C@H](CSCCNC(=O)C(F)(F)F)CC1CCCCC1. The molecule has 1 saturated carbocycles. The summed E-state index contributed by atoms with van der Waals surface area (Å²) >= 11 is 1.42. The first kappa shape index (κ1) is 21.8. The van der Waals surface area contributed by atoms with Crippen molar-refractivity contribution in [2.75, 3.05) is 18.1 Å². The summed E-state index contributed by atoms with van der Waals surface area (Å²) in [6, 6.07) is 9.16. The minimum Gasteiger partial charge on any atom is -0.347 e. The maximum Gasteiger partial charge on any atom is 0.471 e. The second kappa shape index (κ2) is 10.7. The molecule has 0 unspecified atom stereocenters. The number of hydrogen-bond acceptors (Lipinski definition) is 3. The van der Waals surface area contributed by atoms with Gasteiger partial charge in [0.2, 0.25) is 0 Å². The Bertz CT molecular complexity index is 601. The molecule has 1 amide bonds. The number of halogens is 3. The van der Waals surface area contributed by atoms with Crippen LogP contribution in [-0.2, 0) is 4.79 Å². The van der Waals surface area contributed by atoms with Gasteiger partial charge in [-0.15, -0.1) is 0 Å². The molecule has 0 saturated heterocycles. The summed E-state index contributed by atoms with van der Waals surface area (Å²) in [7, 11) is 0. The van der Waals surface area contributed by atoms with E-state index in [1.165, 1.54) is 31.0 Å². The van der Waals surface area contributed by atoms with Crippen LogP contribution >= 0.6 is 11.8 Å². The van der Waals surface area contributed by atoms with Gasteiger partial charge in [-0.3, -0.25) is 9.59 Å². The summed E-state index contributed by atoms with van der Waals surface area (Å²) in [5, 5.41) is 1.87. The van der Waals surface area contributed by atoms with Gasteiger partial charge in [-0.05, 0) is 12.3 Å². The minimum absolute atomic E-state index is 0.0569. The third-order valence-corrected chi connectivity index (χ3v) is 6.01. The molecule has 0 aromatic heterocycles. The molecule has 0 bridgehead atoms. The highest BCUT2D eigenvalue weighted by Gasteiger charge is 2.38. The number of nitrogens with one attached hydrogen (secondary N) is 1. The van der Waals surface area contributed by atoms with Gasteiger partial charge in [0.25, 0.3) is 0 Å². The van der Waals surface area contributed by atoms with Crippen LogP contribution in [0.25, 0.3) is 0 Å². The Labute approximate surface area is 162 Å². The molecule has 3 nitrogen and oxygen atoms in total. The van der Waals surface area contributed by atoms with E-state index >= 15 is 0 Å². The van der Waals surface area contributed by atoms with Crippen LogP contribution in [0.5, 0.6) is 0 Å². The van der Waals surface area contributed by atoms with E-state index in [1.54, 1.807) is 0 Å². The van der Waals surface area contributed by atoms with E-state index in [0.29, 0.717) is 23.0 Å². The maximum absolute atomic E-state index is 12.9. The van der Waals surface area contributed by atoms with Crippen molar-refractivity contribution < 1.29 is 22.8 Å². The number of amides is 1. The Morgan fingerprint density at radius 2 is 1.78 bits per heavy atom. The standard InChI is InChI=1S/C20H26F3NO2S/c21-20(22,23)19(26)24-11-12-27-14-17(13-15-7-3-1-4-8-15)18(25)16-9-5-2-6-10-16/h2,5-6,9-10,15,17H,1,3-4,7-8,11-14H2,(H,24,26)/t17-/m0/s1. The van der Waals surface area contributed by atoms with Gasteiger partial charge in [-0.1, -0.05) is 62.4 Å². The lowest BCUT2D eigenvalue weighted by Crippen LogP contribution is -2.38. The molecule has 27 heavy (non-hydrogen) atoms. The number of rotatable bonds is 9. The normalized spacial score (nSPS) is 16.7. The summed E-state index contributed by atoms with van der Waals surface area (Å²) in [6.45, 7) is -0.0569. The summed E-state index contributed by atoms with van der Waals surface area (Å²) in [5.41, 5.74) is 0.685. The second-order valence-electron chi connectivity index (χ2n) is 7.00. The van der Waals surface area contributed by atoms with Crippen molar-refractivity contribution in [2.45, 2.75) is 44.7 Å². The number of hydrogen-bond donors (Lipinski definition) is 1. The van der Waals surface area contributed by atoms with Crippen molar-refractivity contribution in [3.63, 3.8) is 0 Å². The van der Waals surface area contributed by atoms with E-state index in [1.807, 2.05) is 35.6 Å². The first-order chi connectivity index (χ1) is 12.9. The van der Waals surface area contributed by atoms with Crippen molar-refractivity contribution in [2.24, 2.45) is 11.8 Å². The lowest BCUT2D eigenvalue weighted by molar-refractivity contribution is -0.173. The maximum atomic E-state index is 12.9. The number of alkyl halides is 3. The van der Waals surface area contributed by atoms with Crippen LogP contribution in [0.15, 0.2) is 30.3 Å². The van der Waals surface area contributed by atoms with Crippen LogP contribution in [0.3, 0.4) is 0 Å². The van der Waals surface area contributed by atoms with Crippen molar-refractivity contribution in [1.29, 1.82) is 0 Å². The van der Waals surface area contributed by atoms with Gasteiger partial charge in [-0.2, -0.15) is 24.9 Å². The molecule has 2 rings (SSSR count). The van der Waals surface area contributed by atoms with Crippen LogP contribution < -0.4 is 5.32 Å². The molecule has 1 N–H and O–H groups in total. The highest BCUT2D eigenvalue weighted by atomic mass is 32.2. The van der Waals surface area contributed by atoms with Gasteiger partial charge in [-0.25, -0.2) is 0 Å². The first-order valence-electron chi connectivity index (χ1n) is 9.40. The largest absolute Gasteiger partial charge is 0.471 e. The van der Waals surface area contributed by atoms with Gasteiger partial charge in [0.15, 0.2) is 5.78 Å². The summed E-state index contributed by atoms with van der Waals surface area (Å²) in [6.07, 6.45) is 1.92. The summed E-state index contributed by atoms with van der Waals surface area (Å²) < 4.78 is 36.5. The van der Waals surface area contributed by atoms with Gasteiger partial charge >= 0.3 is 12.1 Å². The lowest BCUT2D eigenvalue weighted by atomic mass is 9.81. The molecule has 1 aliphatic carbocycles. The van der Waals surface area contributed by atoms with Crippen molar-refractivity contribution in [1.82, 2.24) is 5.32 Å². The molecule has 0 spiro atoms. The molecule has 7 heteroatoms. The number of benzene rings is 1. The van der Waals surface area contributed by atoms with E-state index in [2.05, 4.69) is 0 Å². The molecule has 1 aliphatic rings. The van der Waals surface area contributed by atoms with E-state index in [0.717, 1.165) is 19.3 Å². The van der Waals surface area contributed by atoms with Crippen molar-refractivity contribution in [3.8, 4) is 0 Å². The fourth-order valence-electron chi connectivity index (χ4n) is 3.48. The monoisotopic (exact) mass is 401 g/mol. The second-order valence-corrected chi connectivity index (χ2v) is 8.15. The molecule has 0 radical (unpaired) electrons. The van der Waals surface area contributed by atoms with E-state index in [4.69, 9.17) is 0 Å². The average molecular weight is 401 g/mol. The predicted molar refractivity (Wildman–Crippen MR) is 102 cm³/mol. The highest BCUT2D eigenvalue weighted by Crippen LogP contribution is 2.31. The number of Topliss-reactive ketones (excluding diaryl/α,β-unsaturated/α-hetero) is 1. The highest BCUT2D eigenvalue weighted by molar-refractivity contribution is 7.99. The third kappa shape index (κ3) is 7.56. The lowest BCUT2D eigenvalue weighted by Gasteiger charge is -2.26. The predicted octanol–water partition coefficient (Wildman–Crippen LogP) is 4.87. The fourth-order valence-corrected chi connectivity index (χ4v) is 4.46. The number of ketones is 1.